The molecular formula is C17H26N2O2. The largest absolute Gasteiger partial charge is 0.493 e. The van der Waals surface area contributed by atoms with Crippen molar-refractivity contribution < 1.29 is 9.47 Å². The van der Waals surface area contributed by atoms with Crippen molar-refractivity contribution in [2.75, 3.05) is 33.4 Å². The number of fused-ring (bicyclic) bond motifs is 1. The summed E-state index contributed by atoms with van der Waals surface area (Å²) in [4.78, 5) is 2.53. The second kappa shape index (κ2) is 6.77. The molecule has 21 heavy (non-hydrogen) atoms. The molecule has 2 unspecified atom stereocenters. The Balaban J connectivity index is 1.57. The van der Waals surface area contributed by atoms with E-state index in [9.17, 15) is 0 Å². The molecule has 0 spiro atoms. The molecule has 1 aromatic rings. The molecule has 1 fully saturated rings. The van der Waals surface area contributed by atoms with E-state index in [1.54, 1.807) is 7.11 Å². The van der Waals surface area contributed by atoms with Gasteiger partial charge in [0.15, 0.2) is 0 Å². The molecule has 0 radical (unpaired) electrons. The third kappa shape index (κ3) is 3.39. The lowest BCUT2D eigenvalue weighted by Gasteiger charge is -2.38. The quantitative estimate of drug-likeness (QED) is 0.895. The van der Waals surface area contributed by atoms with Crippen molar-refractivity contribution in [3.8, 4) is 5.75 Å². The van der Waals surface area contributed by atoms with Crippen molar-refractivity contribution in [3.63, 3.8) is 0 Å². The third-order valence-corrected chi connectivity index (χ3v) is 4.84. The summed E-state index contributed by atoms with van der Waals surface area (Å²) in [7, 11) is 1.81. The molecule has 2 heterocycles. The molecule has 2 N–H and O–H groups in total. The third-order valence-electron chi connectivity index (χ3n) is 4.84. The molecule has 0 saturated carbocycles. The van der Waals surface area contributed by atoms with Gasteiger partial charge in [0.2, 0.25) is 0 Å². The molecule has 4 nitrogen and oxygen atoms in total. The first-order chi connectivity index (χ1) is 10.3. The number of likely N-dealkylation sites (tertiary alicyclic amines) is 1. The fourth-order valence-electron chi connectivity index (χ4n) is 3.48. The lowest BCUT2D eigenvalue weighted by Crippen LogP contribution is -2.49. The number of hydrogen-bond acceptors (Lipinski definition) is 4. The normalized spacial score (nSPS) is 25.6. The van der Waals surface area contributed by atoms with E-state index in [1.165, 1.54) is 11.1 Å². The zero-order valence-electron chi connectivity index (χ0n) is 12.9. The summed E-state index contributed by atoms with van der Waals surface area (Å²) >= 11 is 0. The Labute approximate surface area is 127 Å². The van der Waals surface area contributed by atoms with E-state index in [0.29, 0.717) is 12.1 Å². The van der Waals surface area contributed by atoms with E-state index in [0.717, 1.165) is 57.7 Å². The topological polar surface area (TPSA) is 47.7 Å². The molecule has 1 aromatic carbocycles. The van der Waals surface area contributed by atoms with Gasteiger partial charge in [-0.3, -0.25) is 4.90 Å². The van der Waals surface area contributed by atoms with Crippen LogP contribution in [0.5, 0.6) is 5.75 Å². The van der Waals surface area contributed by atoms with Gasteiger partial charge >= 0.3 is 0 Å². The molecular weight excluding hydrogens is 264 g/mol. The fraction of sp³-hybridized carbons (Fsp3) is 0.647. The summed E-state index contributed by atoms with van der Waals surface area (Å²) in [5.41, 5.74) is 8.71. The number of ether oxygens (including phenoxy) is 2. The van der Waals surface area contributed by atoms with E-state index >= 15 is 0 Å². The summed E-state index contributed by atoms with van der Waals surface area (Å²) in [5, 5.41) is 0. The average Bonchev–Trinajstić information content (AvgIpc) is 3.00. The van der Waals surface area contributed by atoms with Crippen LogP contribution in [0.2, 0.25) is 0 Å². The van der Waals surface area contributed by atoms with Crippen molar-refractivity contribution in [2.24, 2.45) is 5.73 Å². The van der Waals surface area contributed by atoms with Crippen molar-refractivity contribution >= 4 is 0 Å². The number of benzene rings is 1. The summed E-state index contributed by atoms with van der Waals surface area (Å²) < 4.78 is 11.1. The van der Waals surface area contributed by atoms with Crippen LogP contribution in [0.3, 0.4) is 0 Å². The van der Waals surface area contributed by atoms with E-state index in [-0.39, 0.29) is 0 Å². The Kier molecular flexibility index (Phi) is 4.78. The summed E-state index contributed by atoms with van der Waals surface area (Å²) in [6.45, 7) is 3.73. The number of hydrogen-bond donors (Lipinski definition) is 1. The second-order valence-electron chi connectivity index (χ2n) is 6.10. The molecule has 2 atom stereocenters. The highest BCUT2D eigenvalue weighted by atomic mass is 16.5. The van der Waals surface area contributed by atoms with Crippen LogP contribution < -0.4 is 10.5 Å². The maximum atomic E-state index is 5.94. The Morgan fingerprint density at radius 1 is 1.43 bits per heavy atom. The van der Waals surface area contributed by atoms with Crippen molar-refractivity contribution in [1.29, 1.82) is 0 Å². The molecule has 2 aliphatic heterocycles. The highest BCUT2D eigenvalue weighted by Gasteiger charge is 2.27. The fourth-order valence-corrected chi connectivity index (χ4v) is 3.48. The van der Waals surface area contributed by atoms with Crippen LogP contribution in [-0.2, 0) is 17.6 Å². The van der Waals surface area contributed by atoms with Gasteiger partial charge < -0.3 is 15.2 Å². The zero-order valence-corrected chi connectivity index (χ0v) is 12.9. The van der Waals surface area contributed by atoms with Gasteiger partial charge in [0.1, 0.15) is 5.75 Å². The Hall–Kier alpha value is -1.10. The van der Waals surface area contributed by atoms with Crippen LogP contribution in [0.15, 0.2) is 18.2 Å². The van der Waals surface area contributed by atoms with Crippen LogP contribution >= 0.6 is 0 Å². The SMILES string of the molecule is COC1CCN(CCc2ccc3c(c2)CCO3)C(CN)C1. The summed E-state index contributed by atoms with van der Waals surface area (Å²) in [5.74, 6) is 1.07. The minimum atomic E-state index is 0.381. The van der Waals surface area contributed by atoms with Crippen LogP contribution in [0.4, 0.5) is 0 Å². The van der Waals surface area contributed by atoms with E-state index < -0.39 is 0 Å². The zero-order chi connectivity index (χ0) is 14.7. The lowest BCUT2D eigenvalue weighted by molar-refractivity contribution is 0.0138. The van der Waals surface area contributed by atoms with Crippen LogP contribution in [0.25, 0.3) is 0 Å². The highest BCUT2D eigenvalue weighted by molar-refractivity contribution is 5.39. The number of nitrogens with zero attached hydrogens (tertiary/aromatic N) is 1. The highest BCUT2D eigenvalue weighted by Crippen LogP contribution is 2.26. The average molecular weight is 290 g/mol. The minimum absolute atomic E-state index is 0.381. The second-order valence-corrected chi connectivity index (χ2v) is 6.10. The predicted octanol–water partition coefficient (Wildman–Crippen LogP) is 1.60. The number of piperidine rings is 1. The maximum absolute atomic E-state index is 5.94. The van der Waals surface area contributed by atoms with Crippen LogP contribution in [-0.4, -0.2) is 50.4 Å². The molecule has 116 valence electrons. The van der Waals surface area contributed by atoms with E-state index in [2.05, 4.69) is 23.1 Å². The minimum Gasteiger partial charge on any atom is -0.493 e. The molecule has 4 heteroatoms. The molecule has 0 bridgehead atoms. The first-order valence-electron chi connectivity index (χ1n) is 8.01. The number of methoxy groups -OCH3 is 1. The van der Waals surface area contributed by atoms with Gasteiger partial charge in [-0.15, -0.1) is 0 Å². The van der Waals surface area contributed by atoms with Gasteiger partial charge in [-0.25, -0.2) is 0 Å². The van der Waals surface area contributed by atoms with Crippen LogP contribution in [0, 0.1) is 0 Å². The molecule has 2 aliphatic rings. The number of rotatable bonds is 5. The molecule has 0 aromatic heterocycles. The maximum Gasteiger partial charge on any atom is 0.122 e. The smallest absolute Gasteiger partial charge is 0.122 e. The van der Waals surface area contributed by atoms with E-state index in [4.69, 9.17) is 15.2 Å². The van der Waals surface area contributed by atoms with Gasteiger partial charge in [-0.05, 0) is 36.5 Å². The first kappa shape index (κ1) is 14.8. The summed E-state index contributed by atoms with van der Waals surface area (Å²) in [6, 6.07) is 7.09. The van der Waals surface area contributed by atoms with Gasteiger partial charge in [0.05, 0.1) is 12.7 Å². The summed E-state index contributed by atoms with van der Waals surface area (Å²) in [6.07, 6.45) is 4.69. The Bertz CT molecular complexity index is 478. The van der Waals surface area contributed by atoms with E-state index in [1.807, 2.05) is 0 Å². The Morgan fingerprint density at radius 2 is 2.33 bits per heavy atom. The van der Waals surface area contributed by atoms with Gasteiger partial charge in [0, 0.05) is 39.2 Å². The monoisotopic (exact) mass is 290 g/mol. The molecule has 1 saturated heterocycles. The van der Waals surface area contributed by atoms with Crippen LogP contribution in [0.1, 0.15) is 24.0 Å². The van der Waals surface area contributed by atoms with Crippen molar-refractivity contribution in [2.45, 2.75) is 37.8 Å². The van der Waals surface area contributed by atoms with Gasteiger partial charge in [-0.2, -0.15) is 0 Å². The van der Waals surface area contributed by atoms with Crippen molar-refractivity contribution in [3.05, 3.63) is 29.3 Å². The van der Waals surface area contributed by atoms with Gasteiger partial charge in [0.25, 0.3) is 0 Å². The molecule has 0 aliphatic carbocycles. The van der Waals surface area contributed by atoms with Gasteiger partial charge in [-0.1, -0.05) is 12.1 Å². The van der Waals surface area contributed by atoms with Crippen molar-refractivity contribution in [1.82, 2.24) is 4.90 Å². The lowest BCUT2D eigenvalue weighted by atomic mass is 9.98. The standard InChI is InChI=1S/C17H26N2O2/c1-20-16-5-8-19(15(11-16)12-18)7-4-13-2-3-17-14(10-13)6-9-21-17/h2-3,10,15-16H,4-9,11-12,18H2,1H3. The first-order valence-corrected chi connectivity index (χ1v) is 8.01. The molecule has 3 rings (SSSR count). The number of nitrogens with two attached hydrogens (primary N) is 1. The molecule has 0 amide bonds. The predicted molar refractivity (Wildman–Crippen MR) is 83.8 cm³/mol. The Morgan fingerprint density at radius 3 is 3.14 bits per heavy atom.